The first-order chi connectivity index (χ1) is 7.26. The topological polar surface area (TPSA) is 154 Å². The molecule has 1 rings (SSSR count). The minimum atomic E-state index is -5.00. The van der Waals surface area contributed by atoms with Crippen LogP contribution in [0.25, 0.3) is 0 Å². The average Bonchev–Trinajstić information content (AvgIpc) is 2.17. The van der Waals surface area contributed by atoms with Gasteiger partial charge in [-0.25, -0.2) is 9.36 Å². The number of cyclic esters (lactones) is 1. The average molecular weight is 258 g/mol. The second-order valence-electron chi connectivity index (χ2n) is 3.16. The molecular weight excluding hydrogens is 247 g/mol. The Morgan fingerprint density at radius 3 is 2.31 bits per heavy atom. The van der Waals surface area contributed by atoms with Crippen molar-refractivity contribution >= 4 is 13.8 Å². The summed E-state index contributed by atoms with van der Waals surface area (Å²) in [6.07, 6.45) is -6.90. The molecule has 1 saturated heterocycles. The minimum absolute atomic E-state index is 0.730. The Hall–Kier alpha value is -0.540. The highest BCUT2D eigenvalue weighted by Gasteiger charge is 2.47. The molecule has 0 aromatic rings. The molecule has 0 radical (unpaired) electrons. The van der Waals surface area contributed by atoms with Gasteiger partial charge in [0.05, 0.1) is 6.61 Å². The Kier molecular flexibility index (Phi) is 4.02. The first-order valence-corrected chi connectivity index (χ1v) is 5.70. The number of aliphatic hydroxyl groups is 3. The van der Waals surface area contributed by atoms with Crippen LogP contribution in [0.2, 0.25) is 0 Å². The highest BCUT2D eigenvalue weighted by atomic mass is 31.2. The number of esters is 1. The predicted octanol–water partition coefficient (Wildman–Crippen LogP) is -2.90. The number of hydrogen-bond donors (Lipinski definition) is 5. The molecule has 1 aliphatic rings. The van der Waals surface area contributed by atoms with Crippen LogP contribution in [0.1, 0.15) is 0 Å². The van der Waals surface area contributed by atoms with Crippen LogP contribution in [0.3, 0.4) is 0 Å². The maximum Gasteiger partial charge on any atom is 0.470 e. The normalized spacial score (nSPS) is 35.9. The number of phosphoric ester groups is 1. The Bertz CT molecular complexity index is 311. The van der Waals surface area contributed by atoms with Gasteiger partial charge in [0.15, 0.2) is 12.2 Å². The third-order valence-corrected chi connectivity index (χ3v) is 2.47. The van der Waals surface area contributed by atoms with Crippen molar-refractivity contribution in [1.29, 1.82) is 0 Å². The summed E-state index contributed by atoms with van der Waals surface area (Å²) in [5.74, 6) is -1.26. The smallest absolute Gasteiger partial charge is 0.455 e. The SMILES string of the molecule is O=C1O[C@H](CO)[C@@H](O)[C@H](O)[C@H]1OP(=O)(O)O. The van der Waals surface area contributed by atoms with Crippen molar-refractivity contribution in [2.24, 2.45) is 0 Å². The molecule has 5 N–H and O–H groups in total. The fourth-order valence-corrected chi connectivity index (χ4v) is 1.73. The number of hydrogen-bond acceptors (Lipinski definition) is 7. The summed E-state index contributed by atoms with van der Waals surface area (Å²) in [5, 5.41) is 27.3. The van der Waals surface area contributed by atoms with Gasteiger partial charge >= 0.3 is 13.8 Å². The highest BCUT2D eigenvalue weighted by molar-refractivity contribution is 7.46. The predicted molar refractivity (Wildman–Crippen MR) is 45.9 cm³/mol. The van der Waals surface area contributed by atoms with E-state index in [0.29, 0.717) is 0 Å². The molecule has 16 heavy (non-hydrogen) atoms. The molecule has 9 nitrogen and oxygen atoms in total. The summed E-state index contributed by atoms with van der Waals surface area (Å²) in [7, 11) is -5.00. The van der Waals surface area contributed by atoms with Crippen LogP contribution in [-0.4, -0.2) is 62.1 Å². The lowest BCUT2D eigenvalue weighted by Crippen LogP contribution is -2.57. The molecule has 0 unspecified atom stereocenters. The third kappa shape index (κ3) is 2.98. The summed E-state index contributed by atoms with van der Waals surface area (Å²) in [5.41, 5.74) is 0. The van der Waals surface area contributed by atoms with E-state index in [0.717, 1.165) is 0 Å². The Labute approximate surface area is 89.5 Å². The summed E-state index contributed by atoms with van der Waals surface area (Å²) in [4.78, 5) is 28.0. The summed E-state index contributed by atoms with van der Waals surface area (Å²) in [6.45, 7) is -0.730. The number of aliphatic hydroxyl groups excluding tert-OH is 3. The van der Waals surface area contributed by atoms with Gasteiger partial charge in [0.1, 0.15) is 12.2 Å². The lowest BCUT2D eigenvalue weighted by molar-refractivity contribution is -0.204. The zero-order chi connectivity index (χ0) is 12.5. The molecule has 0 aromatic carbocycles. The Balaban J connectivity index is 2.80. The largest absolute Gasteiger partial charge is 0.470 e. The number of carbonyl (C=O) groups is 1. The minimum Gasteiger partial charge on any atom is -0.455 e. The van der Waals surface area contributed by atoms with Crippen molar-refractivity contribution in [3.63, 3.8) is 0 Å². The summed E-state index contributed by atoms with van der Waals surface area (Å²) >= 11 is 0. The second kappa shape index (κ2) is 4.76. The maximum absolute atomic E-state index is 11.1. The van der Waals surface area contributed by atoms with E-state index in [1.165, 1.54) is 0 Å². The molecule has 0 amide bonds. The van der Waals surface area contributed by atoms with Crippen molar-refractivity contribution < 1.29 is 43.7 Å². The molecule has 4 atom stereocenters. The van der Waals surface area contributed by atoms with Crippen LogP contribution in [0, 0.1) is 0 Å². The van der Waals surface area contributed by atoms with Gasteiger partial charge in [0.25, 0.3) is 0 Å². The fraction of sp³-hybridized carbons (Fsp3) is 0.833. The first-order valence-electron chi connectivity index (χ1n) is 4.17. The van der Waals surface area contributed by atoms with Crippen LogP contribution in [0.4, 0.5) is 0 Å². The van der Waals surface area contributed by atoms with Gasteiger partial charge in [-0.15, -0.1) is 0 Å². The van der Waals surface area contributed by atoms with Crippen LogP contribution in [0.15, 0.2) is 0 Å². The van der Waals surface area contributed by atoms with E-state index in [1.807, 2.05) is 0 Å². The van der Waals surface area contributed by atoms with E-state index < -0.39 is 44.8 Å². The van der Waals surface area contributed by atoms with E-state index in [2.05, 4.69) is 9.26 Å². The molecule has 0 spiro atoms. The van der Waals surface area contributed by atoms with Gasteiger partial charge in [-0.1, -0.05) is 0 Å². The van der Waals surface area contributed by atoms with Gasteiger partial charge in [0.2, 0.25) is 0 Å². The molecule has 1 fully saturated rings. The summed E-state index contributed by atoms with van der Waals surface area (Å²) < 4.78 is 18.8. The number of ether oxygens (including phenoxy) is 1. The van der Waals surface area contributed by atoms with Crippen molar-refractivity contribution in [1.82, 2.24) is 0 Å². The molecule has 94 valence electrons. The molecule has 1 aliphatic heterocycles. The fourth-order valence-electron chi connectivity index (χ4n) is 1.22. The quantitative estimate of drug-likeness (QED) is 0.265. The van der Waals surface area contributed by atoms with Gasteiger partial charge in [-0.2, -0.15) is 0 Å². The third-order valence-electron chi connectivity index (χ3n) is 1.97. The number of rotatable bonds is 3. The number of phosphoric acid groups is 1. The van der Waals surface area contributed by atoms with Crippen molar-refractivity contribution in [2.45, 2.75) is 24.4 Å². The van der Waals surface area contributed by atoms with Gasteiger partial charge < -0.3 is 29.8 Å². The first kappa shape index (κ1) is 13.5. The molecule has 0 bridgehead atoms. The van der Waals surface area contributed by atoms with Crippen LogP contribution >= 0.6 is 7.82 Å². The van der Waals surface area contributed by atoms with Crippen LogP contribution in [0.5, 0.6) is 0 Å². The van der Waals surface area contributed by atoms with Crippen molar-refractivity contribution in [2.75, 3.05) is 6.61 Å². The lowest BCUT2D eigenvalue weighted by atomic mass is 10.0. The standard InChI is InChI=1S/C6H11O9P/c7-1-2-3(8)4(9)5(6(10)14-2)15-16(11,12)13/h2-5,7-9H,1H2,(H2,11,12,13)/t2-,3-,4+,5-/m1/s1. The summed E-state index contributed by atoms with van der Waals surface area (Å²) in [6, 6.07) is 0. The van der Waals surface area contributed by atoms with Gasteiger partial charge in [-0.3, -0.25) is 4.52 Å². The number of carbonyl (C=O) groups excluding carboxylic acids is 1. The van der Waals surface area contributed by atoms with E-state index >= 15 is 0 Å². The molecular formula is C6H11O9P. The van der Waals surface area contributed by atoms with E-state index in [4.69, 9.17) is 14.9 Å². The zero-order valence-corrected chi connectivity index (χ0v) is 8.73. The van der Waals surface area contributed by atoms with Gasteiger partial charge in [-0.05, 0) is 0 Å². The molecule has 10 heteroatoms. The zero-order valence-electron chi connectivity index (χ0n) is 7.83. The highest BCUT2D eigenvalue weighted by Crippen LogP contribution is 2.40. The monoisotopic (exact) mass is 258 g/mol. The van der Waals surface area contributed by atoms with Crippen LogP contribution in [-0.2, 0) is 18.6 Å². The van der Waals surface area contributed by atoms with Crippen molar-refractivity contribution in [3.8, 4) is 0 Å². The molecule has 0 aromatic heterocycles. The van der Waals surface area contributed by atoms with E-state index in [9.17, 15) is 19.6 Å². The van der Waals surface area contributed by atoms with E-state index in [-0.39, 0.29) is 0 Å². The molecule has 0 saturated carbocycles. The molecule has 1 heterocycles. The second-order valence-corrected chi connectivity index (χ2v) is 4.35. The van der Waals surface area contributed by atoms with Crippen LogP contribution < -0.4 is 0 Å². The van der Waals surface area contributed by atoms with Gasteiger partial charge in [0, 0.05) is 0 Å². The lowest BCUT2D eigenvalue weighted by Gasteiger charge is -2.35. The Morgan fingerprint density at radius 1 is 1.31 bits per heavy atom. The van der Waals surface area contributed by atoms with Crippen molar-refractivity contribution in [3.05, 3.63) is 0 Å². The maximum atomic E-state index is 11.1. The molecule has 0 aliphatic carbocycles. The van der Waals surface area contributed by atoms with E-state index in [1.54, 1.807) is 0 Å². The Morgan fingerprint density at radius 2 is 1.88 bits per heavy atom.